The SMILES string of the molecule is OC(c1ccccc1)c1nc2ncc(Br)cc2[nH]1. The molecule has 0 aliphatic rings. The van der Waals surface area contributed by atoms with Crippen LogP contribution in [0.3, 0.4) is 0 Å². The summed E-state index contributed by atoms with van der Waals surface area (Å²) in [7, 11) is 0. The molecule has 3 aromatic rings. The first-order chi connectivity index (χ1) is 8.74. The highest BCUT2D eigenvalue weighted by Gasteiger charge is 2.15. The van der Waals surface area contributed by atoms with Crippen molar-refractivity contribution in [1.82, 2.24) is 15.0 Å². The topological polar surface area (TPSA) is 61.8 Å². The van der Waals surface area contributed by atoms with E-state index in [0.717, 1.165) is 15.6 Å². The van der Waals surface area contributed by atoms with Gasteiger partial charge in [0.05, 0.1) is 5.52 Å². The summed E-state index contributed by atoms with van der Waals surface area (Å²) in [6.45, 7) is 0. The van der Waals surface area contributed by atoms with Gasteiger partial charge in [-0.05, 0) is 27.6 Å². The van der Waals surface area contributed by atoms with Crippen LogP contribution in [0.1, 0.15) is 17.5 Å². The number of hydrogen-bond acceptors (Lipinski definition) is 3. The van der Waals surface area contributed by atoms with Gasteiger partial charge in [-0.3, -0.25) is 0 Å². The molecule has 0 aliphatic carbocycles. The van der Waals surface area contributed by atoms with E-state index in [-0.39, 0.29) is 0 Å². The highest BCUT2D eigenvalue weighted by Crippen LogP contribution is 2.22. The molecule has 2 N–H and O–H groups in total. The lowest BCUT2D eigenvalue weighted by molar-refractivity contribution is 0.211. The van der Waals surface area contributed by atoms with E-state index >= 15 is 0 Å². The molecule has 2 heterocycles. The average molecular weight is 304 g/mol. The van der Waals surface area contributed by atoms with E-state index in [1.165, 1.54) is 0 Å². The Bertz CT molecular complexity index is 681. The molecule has 0 radical (unpaired) electrons. The van der Waals surface area contributed by atoms with Crippen LogP contribution in [0, 0.1) is 0 Å². The number of aliphatic hydroxyl groups is 1. The molecule has 1 unspecified atom stereocenters. The number of nitrogens with zero attached hydrogens (tertiary/aromatic N) is 2. The fourth-order valence-electron chi connectivity index (χ4n) is 1.82. The fraction of sp³-hybridized carbons (Fsp3) is 0.0769. The second kappa shape index (κ2) is 4.51. The minimum atomic E-state index is -0.765. The molecule has 0 saturated heterocycles. The second-order valence-corrected chi connectivity index (χ2v) is 4.88. The molecule has 5 heteroatoms. The summed E-state index contributed by atoms with van der Waals surface area (Å²) in [5, 5.41) is 10.2. The van der Waals surface area contributed by atoms with Crippen LogP contribution < -0.4 is 0 Å². The molecule has 0 fully saturated rings. The molecule has 1 atom stereocenters. The zero-order chi connectivity index (χ0) is 12.5. The first-order valence-corrected chi connectivity index (χ1v) is 6.27. The third kappa shape index (κ3) is 2.02. The van der Waals surface area contributed by atoms with Gasteiger partial charge < -0.3 is 10.1 Å². The van der Waals surface area contributed by atoms with Crippen LogP contribution in [0.25, 0.3) is 11.2 Å². The lowest BCUT2D eigenvalue weighted by Gasteiger charge is -2.06. The van der Waals surface area contributed by atoms with Crippen LogP contribution in [-0.4, -0.2) is 20.1 Å². The van der Waals surface area contributed by atoms with Gasteiger partial charge in [0.15, 0.2) is 5.65 Å². The van der Waals surface area contributed by atoms with Crippen molar-refractivity contribution in [2.45, 2.75) is 6.10 Å². The zero-order valence-corrected chi connectivity index (χ0v) is 10.9. The quantitative estimate of drug-likeness (QED) is 0.765. The van der Waals surface area contributed by atoms with Crippen molar-refractivity contribution < 1.29 is 5.11 Å². The number of aromatic amines is 1. The van der Waals surface area contributed by atoms with Gasteiger partial charge >= 0.3 is 0 Å². The van der Waals surface area contributed by atoms with Crippen molar-refractivity contribution in [3.05, 3.63) is 58.5 Å². The van der Waals surface area contributed by atoms with Crippen molar-refractivity contribution in [3.63, 3.8) is 0 Å². The third-order valence-corrected chi connectivity index (χ3v) is 3.13. The van der Waals surface area contributed by atoms with E-state index in [4.69, 9.17) is 0 Å². The maximum absolute atomic E-state index is 10.2. The third-order valence-electron chi connectivity index (χ3n) is 2.70. The van der Waals surface area contributed by atoms with E-state index < -0.39 is 6.10 Å². The first-order valence-electron chi connectivity index (χ1n) is 5.48. The zero-order valence-electron chi connectivity index (χ0n) is 9.34. The van der Waals surface area contributed by atoms with Crippen molar-refractivity contribution >= 4 is 27.1 Å². The van der Waals surface area contributed by atoms with Crippen LogP contribution in [-0.2, 0) is 0 Å². The Balaban J connectivity index is 2.04. The lowest BCUT2D eigenvalue weighted by Crippen LogP contribution is -2.01. The maximum atomic E-state index is 10.2. The Labute approximate surface area is 112 Å². The highest BCUT2D eigenvalue weighted by molar-refractivity contribution is 9.10. The summed E-state index contributed by atoms with van der Waals surface area (Å²) < 4.78 is 0.874. The number of H-pyrrole nitrogens is 1. The van der Waals surface area contributed by atoms with Gasteiger partial charge in [-0.25, -0.2) is 9.97 Å². The molecule has 2 aromatic heterocycles. The summed E-state index contributed by atoms with van der Waals surface area (Å²) in [6, 6.07) is 11.3. The number of nitrogens with one attached hydrogen (secondary N) is 1. The van der Waals surface area contributed by atoms with E-state index in [9.17, 15) is 5.11 Å². The molecular formula is C13H10BrN3O. The van der Waals surface area contributed by atoms with Gasteiger partial charge in [0.25, 0.3) is 0 Å². The van der Waals surface area contributed by atoms with E-state index in [0.29, 0.717) is 11.5 Å². The monoisotopic (exact) mass is 303 g/mol. The lowest BCUT2D eigenvalue weighted by atomic mass is 10.1. The summed E-state index contributed by atoms with van der Waals surface area (Å²) in [6.07, 6.45) is 0.918. The Hall–Kier alpha value is -1.72. The molecule has 18 heavy (non-hydrogen) atoms. The number of halogens is 1. The standard InChI is InChI=1S/C13H10BrN3O/c14-9-6-10-12(15-7-9)17-13(16-10)11(18)8-4-2-1-3-5-8/h1-7,11,18H,(H,15,16,17). The van der Waals surface area contributed by atoms with E-state index in [1.807, 2.05) is 36.4 Å². The van der Waals surface area contributed by atoms with Crippen molar-refractivity contribution in [3.8, 4) is 0 Å². The van der Waals surface area contributed by atoms with Crippen molar-refractivity contribution in [2.24, 2.45) is 0 Å². The minimum absolute atomic E-state index is 0.502. The number of aliphatic hydroxyl groups excluding tert-OH is 1. The number of aromatic nitrogens is 3. The molecule has 0 spiro atoms. The summed E-state index contributed by atoms with van der Waals surface area (Å²) in [4.78, 5) is 11.6. The van der Waals surface area contributed by atoms with Crippen molar-refractivity contribution in [1.29, 1.82) is 0 Å². The van der Waals surface area contributed by atoms with Crippen LogP contribution in [0.15, 0.2) is 47.1 Å². The molecule has 4 nitrogen and oxygen atoms in total. The number of fused-ring (bicyclic) bond motifs is 1. The Morgan fingerprint density at radius 3 is 2.78 bits per heavy atom. The molecule has 90 valence electrons. The normalized spacial score (nSPS) is 12.8. The van der Waals surface area contributed by atoms with Crippen molar-refractivity contribution in [2.75, 3.05) is 0 Å². The number of hydrogen-bond donors (Lipinski definition) is 2. The minimum Gasteiger partial charge on any atom is -0.380 e. The van der Waals surface area contributed by atoms with E-state index in [2.05, 4.69) is 30.9 Å². The molecule has 1 aromatic carbocycles. The number of rotatable bonds is 2. The molecule has 0 bridgehead atoms. The number of pyridine rings is 1. The molecular weight excluding hydrogens is 294 g/mol. The van der Waals surface area contributed by atoms with Gasteiger partial charge in [-0.2, -0.15) is 0 Å². The summed E-state index contributed by atoms with van der Waals surface area (Å²) in [5.74, 6) is 0.502. The van der Waals surface area contributed by atoms with Gasteiger partial charge in [0.1, 0.15) is 11.9 Å². The van der Waals surface area contributed by atoms with Crippen LogP contribution in [0.2, 0.25) is 0 Å². The van der Waals surface area contributed by atoms with Gasteiger partial charge in [0.2, 0.25) is 0 Å². The van der Waals surface area contributed by atoms with Gasteiger partial charge in [0, 0.05) is 10.7 Å². The smallest absolute Gasteiger partial charge is 0.177 e. The fourth-order valence-corrected chi connectivity index (χ4v) is 2.15. The first kappa shape index (κ1) is 11.4. The second-order valence-electron chi connectivity index (χ2n) is 3.96. The van der Waals surface area contributed by atoms with Crippen LogP contribution in [0.5, 0.6) is 0 Å². The van der Waals surface area contributed by atoms with Gasteiger partial charge in [-0.15, -0.1) is 0 Å². The maximum Gasteiger partial charge on any atom is 0.177 e. The molecule has 3 rings (SSSR count). The van der Waals surface area contributed by atoms with Crippen LogP contribution >= 0.6 is 15.9 Å². The largest absolute Gasteiger partial charge is 0.380 e. The molecule has 0 aliphatic heterocycles. The predicted molar refractivity (Wildman–Crippen MR) is 72.1 cm³/mol. The predicted octanol–water partition coefficient (Wildman–Crippen LogP) is 2.80. The molecule has 0 amide bonds. The Morgan fingerprint density at radius 2 is 2.00 bits per heavy atom. The summed E-state index contributed by atoms with van der Waals surface area (Å²) >= 11 is 3.35. The Kier molecular flexibility index (Phi) is 2.85. The van der Waals surface area contributed by atoms with Gasteiger partial charge in [-0.1, -0.05) is 30.3 Å². The highest BCUT2D eigenvalue weighted by atomic mass is 79.9. The van der Waals surface area contributed by atoms with E-state index in [1.54, 1.807) is 6.20 Å². The average Bonchev–Trinajstić information content (AvgIpc) is 2.81. The number of imidazole rings is 1. The number of benzene rings is 1. The molecule has 0 saturated carbocycles. The van der Waals surface area contributed by atoms with Crippen LogP contribution in [0.4, 0.5) is 0 Å². The Morgan fingerprint density at radius 1 is 1.22 bits per heavy atom. The summed E-state index contributed by atoms with van der Waals surface area (Å²) in [5.41, 5.74) is 2.20.